The molecule has 0 N–H and O–H groups in total. The highest BCUT2D eigenvalue weighted by atomic mass is 31.2. The molecule has 0 saturated carbocycles. The Hall–Kier alpha value is -2.36. The first kappa shape index (κ1) is 35.8. The lowest BCUT2D eigenvalue weighted by Gasteiger charge is -2.46. The minimum atomic E-state index is -3.52. The van der Waals surface area contributed by atoms with E-state index in [2.05, 4.69) is 4.90 Å². The first-order valence-corrected chi connectivity index (χ1v) is 16.5. The molecule has 2 rings (SSSR count). The standard InChI is InChI=1S/C30H51N2O9P/c1-11-38-42(36)19-17-31(20-23-14-18-37-21-23)22-30(42,24(33)39-27(2,3)4)15-12-13-16-32(25(34)40-28(5,6)7)26(35)41-29(8,9)10/h14,18,21H,11-13,15-17,19-20,22H2,1-10H3. The zero-order valence-corrected chi connectivity index (χ0v) is 28.0. The Morgan fingerprint density at radius 2 is 1.52 bits per heavy atom. The van der Waals surface area contributed by atoms with Crippen molar-refractivity contribution in [3.8, 4) is 0 Å². The average molecular weight is 615 g/mol. The van der Waals surface area contributed by atoms with E-state index in [0.717, 1.165) is 10.5 Å². The minimum absolute atomic E-state index is 0.00804. The molecule has 0 aliphatic carbocycles. The number of carbonyl (C=O) groups is 3. The molecule has 11 nitrogen and oxygen atoms in total. The van der Waals surface area contributed by atoms with Crippen molar-refractivity contribution in [3.63, 3.8) is 0 Å². The predicted molar refractivity (Wildman–Crippen MR) is 160 cm³/mol. The molecule has 42 heavy (non-hydrogen) atoms. The van der Waals surface area contributed by atoms with Crippen molar-refractivity contribution in [3.05, 3.63) is 24.2 Å². The summed E-state index contributed by atoms with van der Waals surface area (Å²) in [7, 11) is -3.52. The zero-order valence-electron chi connectivity index (χ0n) is 27.1. The molecule has 1 saturated heterocycles. The van der Waals surface area contributed by atoms with Crippen LogP contribution in [0.3, 0.4) is 0 Å². The van der Waals surface area contributed by atoms with Gasteiger partial charge in [0.05, 0.1) is 19.1 Å². The summed E-state index contributed by atoms with van der Waals surface area (Å²) >= 11 is 0. The number of imide groups is 1. The number of furan rings is 1. The largest absolute Gasteiger partial charge is 0.472 e. The second kappa shape index (κ2) is 14.0. The number of esters is 1. The highest BCUT2D eigenvalue weighted by molar-refractivity contribution is 7.62. The molecule has 240 valence electrons. The molecule has 1 aliphatic rings. The Balaban J connectivity index is 2.34. The molecule has 1 aromatic heterocycles. The van der Waals surface area contributed by atoms with Crippen LogP contribution in [0.5, 0.6) is 0 Å². The van der Waals surface area contributed by atoms with Crippen molar-refractivity contribution in [2.75, 3.05) is 32.4 Å². The summed E-state index contributed by atoms with van der Waals surface area (Å²) in [5, 5.41) is -1.43. The minimum Gasteiger partial charge on any atom is -0.472 e. The van der Waals surface area contributed by atoms with E-state index in [0.29, 0.717) is 25.9 Å². The molecule has 12 heteroatoms. The predicted octanol–water partition coefficient (Wildman–Crippen LogP) is 6.83. The Bertz CT molecular complexity index is 1070. The second-order valence-corrected chi connectivity index (χ2v) is 16.7. The molecule has 1 aromatic rings. The Labute approximate surface area is 251 Å². The fourth-order valence-electron chi connectivity index (χ4n) is 4.72. The van der Waals surface area contributed by atoms with Gasteiger partial charge in [-0.15, -0.1) is 0 Å². The van der Waals surface area contributed by atoms with Crippen LogP contribution >= 0.6 is 7.37 Å². The fourth-order valence-corrected chi connectivity index (χ4v) is 7.73. The van der Waals surface area contributed by atoms with Crippen LogP contribution < -0.4 is 0 Å². The van der Waals surface area contributed by atoms with Crippen molar-refractivity contribution in [2.45, 2.75) is 117 Å². The van der Waals surface area contributed by atoms with Crippen molar-refractivity contribution in [2.24, 2.45) is 0 Å². The van der Waals surface area contributed by atoms with Crippen molar-refractivity contribution in [1.82, 2.24) is 9.80 Å². The van der Waals surface area contributed by atoms with Crippen LogP contribution in [0.15, 0.2) is 23.0 Å². The van der Waals surface area contributed by atoms with Gasteiger partial charge in [0.25, 0.3) is 0 Å². The van der Waals surface area contributed by atoms with E-state index in [1.165, 1.54) is 0 Å². The van der Waals surface area contributed by atoms with E-state index in [1.807, 2.05) is 6.07 Å². The molecule has 2 amide bonds. The van der Waals surface area contributed by atoms with Crippen LogP contribution in [0.4, 0.5) is 9.59 Å². The summed E-state index contributed by atoms with van der Waals surface area (Å²) in [6.45, 7) is 18.7. The molecule has 0 aromatic carbocycles. The molecular formula is C30H51N2O9P. The van der Waals surface area contributed by atoms with Gasteiger partial charge in [-0.05, 0) is 94.6 Å². The highest BCUT2D eigenvalue weighted by Gasteiger charge is 2.59. The maximum atomic E-state index is 14.5. The quantitative estimate of drug-likeness (QED) is 0.120. The highest BCUT2D eigenvalue weighted by Crippen LogP contribution is 2.64. The van der Waals surface area contributed by atoms with Gasteiger partial charge in [-0.25, -0.2) is 14.5 Å². The van der Waals surface area contributed by atoms with Crippen molar-refractivity contribution >= 4 is 25.5 Å². The Kier molecular flexibility index (Phi) is 11.9. The lowest BCUT2D eigenvalue weighted by molar-refractivity contribution is -0.160. The first-order chi connectivity index (χ1) is 19.2. The monoisotopic (exact) mass is 614 g/mol. The van der Waals surface area contributed by atoms with Crippen LogP contribution in [-0.4, -0.2) is 82.3 Å². The molecule has 2 unspecified atom stereocenters. The van der Waals surface area contributed by atoms with Crippen LogP contribution in [0, 0.1) is 0 Å². The SMILES string of the molecule is CCOP1(=O)CCN(Cc2ccoc2)CC1(CCCCN(C(=O)OC(C)(C)C)C(=O)OC(C)(C)C)C(=O)OC(C)(C)C. The maximum Gasteiger partial charge on any atom is 0.419 e. The van der Waals surface area contributed by atoms with E-state index in [9.17, 15) is 18.9 Å². The Morgan fingerprint density at radius 3 is 2.00 bits per heavy atom. The molecule has 0 spiro atoms. The number of amides is 2. The summed E-state index contributed by atoms with van der Waals surface area (Å²) in [4.78, 5) is 42.8. The normalized spacial score (nSPS) is 22.0. The van der Waals surface area contributed by atoms with E-state index in [4.69, 9.17) is 23.2 Å². The average Bonchev–Trinajstić information content (AvgIpc) is 3.30. The van der Waals surface area contributed by atoms with E-state index >= 15 is 0 Å². The van der Waals surface area contributed by atoms with Gasteiger partial charge >= 0.3 is 18.2 Å². The van der Waals surface area contributed by atoms with Crippen molar-refractivity contribution in [1.29, 1.82) is 0 Å². The van der Waals surface area contributed by atoms with Gasteiger partial charge in [0.2, 0.25) is 7.37 Å². The topological polar surface area (TPSA) is 125 Å². The first-order valence-electron chi connectivity index (χ1n) is 14.6. The zero-order chi connectivity index (χ0) is 32.0. The summed E-state index contributed by atoms with van der Waals surface area (Å²) in [5.74, 6) is -0.570. The van der Waals surface area contributed by atoms with Crippen molar-refractivity contribution < 1.29 is 42.1 Å². The second-order valence-electron chi connectivity index (χ2n) is 13.8. The molecule has 0 radical (unpaired) electrons. The van der Waals surface area contributed by atoms with Crippen LogP contribution in [-0.2, 0) is 34.6 Å². The molecule has 2 heterocycles. The van der Waals surface area contributed by atoms with E-state index in [1.54, 1.807) is 81.8 Å². The Morgan fingerprint density at radius 1 is 0.952 bits per heavy atom. The fraction of sp³-hybridized carbons (Fsp3) is 0.767. The third-order valence-electron chi connectivity index (χ3n) is 6.40. The van der Waals surface area contributed by atoms with Gasteiger partial charge in [0.1, 0.15) is 16.8 Å². The molecule has 2 atom stereocenters. The van der Waals surface area contributed by atoms with Gasteiger partial charge in [0.15, 0.2) is 5.16 Å². The number of carbonyl (C=O) groups excluding carboxylic acids is 3. The number of ether oxygens (including phenoxy) is 3. The van der Waals surface area contributed by atoms with Gasteiger partial charge in [-0.2, -0.15) is 0 Å². The van der Waals surface area contributed by atoms with E-state index in [-0.39, 0.29) is 32.3 Å². The van der Waals surface area contributed by atoms with Gasteiger partial charge in [-0.1, -0.05) is 0 Å². The summed E-state index contributed by atoms with van der Waals surface area (Å²) in [5.41, 5.74) is -1.50. The maximum absolute atomic E-state index is 14.5. The van der Waals surface area contributed by atoms with Crippen LogP contribution in [0.2, 0.25) is 0 Å². The van der Waals surface area contributed by atoms with Gasteiger partial charge < -0.3 is 23.2 Å². The van der Waals surface area contributed by atoms with Gasteiger partial charge in [-0.3, -0.25) is 14.3 Å². The summed E-state index contributed by atoms with van der Waals surface area (Å²) in [6, 6.07) is 1.85. The van der Waals surface area contributed by atoms with Crippen LogP contribution in [0.1, 0.15) is 94.1 Å². The number of hydrogen-bond acceptors (Lipinski definition) is 10. The lowest BCUT2D eigenvalue weighted by Crippen LogP contribution is -2.56. The lowest BCUT2D eigenvalue weighted by atomic mass is 9.98. The van der Waals surface area contributed by atoms with Crippen LogP contribution in [0.25, 0.3) is 0 Å². The summed E-state index contributed by atoms with van der Waals surface area (Å²) in [6.07, 6.45) is 2.65. The molecule has 1 fully saturated rings. The molecular weight excluding hydrogens is 563 g/mol. The number of rotatable bonds is 10. The number of nitrogens with zero attached hydrogens (tertiary/aromatic N) is 2. The van der Waals surface area contributed by atoms with E-state index < -0.39 is 47.5 Å². The third-order valence-corrected chi connectivity index (χ3v) is 9.72. The smallest absolute Gasteiger partial charge is 0.419 e. The number of unbranched alkanes of at least 4 members (excludes halogenated alkanes) is 1. The third kappa shape index (κ3) is 10.4. The molecule has 1 aliphatic heterocycles. The summed E-state index contributed by atoms with van der Waals surface area (Å²) < 4.78 is 42.4. The molecule has 0 bridgehead atoms. The van der Waals surface area contributed by atoms with Gasteiger partial charge in [0, 0.05) is 37.9 Å². The number of hydrogen-bond donors (Lipinski definition) is 0.